The highest BCUT2D eigenvalue weighted by Crippen LogP contribution is 2.15. The third-order valence-electron chi connectivity index (χ3n) is 3.65. The fourth-order valence-corrected chi connectivity index (χ4v) is 2.27. The van der Waals surface area contributed by atoms with E-state index in [0.29, 0.717) is 16.8 Å². The molecule has 0 bridgehead atoms. The molecule has 2 aromatic rings. The van der Waals surface area contributed by atoms with Crippen LogP contribution in [0.5, 0.6) is 0 Å². The zero-order valence-electron chi connectivity index (χ0n) is 14.9. The minimum Gasteiger partial charge on any atom is -0.355 e. The molecule has 0 aromatic heterocycles. The molecular formula is C20H21N3O3. The lowest BCUT2D eigenvalue weighted by atomic mass is 10.1. The van der Waals surface area contributed by atoms with Crippen molar-refractivity contribution in [2.24, 2.45) is 0 Å². The number of hydrogen-bond donors (Lipinski definition) is 2. The zero-order valence-corrected chi connectivity index (χ0v) is 14.9. The number of carbonyl (C=O) groups is 3. The Hall–Kier alpha value is -3.41. The number of para-hydroxylation sites is 1. The van der Waals surface area contributed by atoms with Crippen LogP contribution in [0.25, 0.3) is 6.08 Å². The number of nitrogens with one attached hydrogen (secondary N) is 2. The fraction of sp³-hybridized carbons (Fsp3) is 0.150. The van der Waals surface area contributed by atoms with E-state index < -0.39 is 0 Å². The van der Waals surface area contributed by atoms with E-state index in [1.54, 1.807) is 68.7 Å². The monoisotopic (exact) mass is 351 g/mol. The average Bonchev–Trinajstić information content (AvgIpc) is 2.66. The Morgan fingerprint density at radius 2 is 1.62 bits per heavy atom. The Morgan fingerprint density at radius 1 is 0.962 bits per heavy atom. The van der Waals surface area contributed by atoms with Crippen molar-refractivity contribution in [1.82, 2.24) is 10.2 Å². The van der Waals surface area contributed by atoms with Gasteiger partial charge in [0.15, 0.2) is 0 Å². The van der Waals surface area contributed by atoms with Gasteiger partial charge in [0.1, 0.15) is 0 Å². The van der Waals surface area contributed by atoms with Crippen LogP contribution in [0, 0.1) is 0 Å². The summed E-state index contributed by atoms with van der Waals surface area (Å²) in [6.07, 6.45) is 3.02. The topological polar surface area (TPSA) is 78.5 Å². The van der Waals surface area contributed by atoms with Crippen LogP contribution in [0.1, 0.15) is 26.3 Å². The van der Waals surface area contributed by atoms with Gasteiger partial charge in [-0.05, 0) is 35.9 Å². The van der Waals surface area contributed by atoms with Gasteiger partial charge in [0.05, 0.1) is 11.3 Å². The van der Waals surface area contributed by atoms with Crippen LogP contribution in [0.15, 0.2) is 54.6 Å². The Balaban J connectivity index is 2.06. The average molecular weight is 351 g/mol. The lowest BCUT2D eigenvalue weighted by molar-refractivity contribution is -0.111. The minimum atomic E-state index is -0.352. The summed E-state index contributed by atoms with van der Waals surface area (Å²) in [5, 5.41) is 5.23. The maximum atomic E-state index is 12.1. The van der Waals surface area contributed by atoms with E-state index in [2.05, 4.69) is 10.6 Å². The Kier molecular flexibility index (Phi) is 6.27. The van der Waals surface area contributed by atoms with E-state index in [-0.39, 0.29) is 17.7 Å². The molecular weight excluding hydrogens is 330 g/mol. The van der Waals surface area contributed by atoms with Crippen molar-refractivity contribution >= 4 is 29.5 Å². The molecule has 0 unspecified atom stereocenters. The summed E-state index contributed by atoms with van der Waals surface area (Å²) in [6, 6.07) is 13.7. The number of anilines is 1. The number of hydrogen-bond acceptors (Lipinski definition) is 3. The van der Waals surface area contributed by atoms with Crippen LogP contribution in [0.2, 0.25) is 0 Å². The first-order chi connectivity index (χ1) is 12.4. The van der Waals surface area contributed by atoms with Gasteiger partial charge in [-0.2, -0.15) is 0 Å². The van der Waals surface area contributed by atoms with Gasteiger partial charge in [0.2, 0.25) is 5.91 Å². The predicted octanol–water partition coefficient (Wildman–Crippen LogP) is 2.40. The molecule has 2 rings (SSSR count). The van der Waals surface area contributed by atoms with Crippen molar-refractivity contribution in [3.05, 3.63) is 71.3 Å². The normalized spacial score (nSPS) is 10.4. The first-order valence-corrected chi connectivity index (χ1v) is 8.04. The van der Waals surface area contributed by atoms with E-state index in [1.165, 1.54) is 18.0 Å². The molecule has 0 aliphatic heterocycles. The smallest absolute Gasteiger partial charge is 0.253 e. The molecule has 3 amide bonds. The Bertz CT molecular complexity index is 840. The summed E-state index contributed by atoms with van der Waals surface area (Å²) in [5.41, 5.74) is 2.20. The highest BCUT2D eigenvalue weighted by molar-refractivity contribution is 6.07. The van der Waals surface area contributed by atoms with Gasteiger partial charge in [-0.3, -0.25) is 14.4 Å². The van der Waals surface area contributed by atoms with Crippen molar-refractivity contribution in [2.45, 2.75) is 0 Å². The van der Waals surface area contributed by atoms with Crippen molar-refractivity contribution in [3.63, 3.8) is 0 Å². The molecule has 0 atom stereocenters. The van der Waals surface area contributed by atoms with Gasteiger partial charge in [0.25, 0.3) is 11.8 Å². The van der Waals surface area contributed by atoms with E-state index >= 15 is 0 Å². The third-order valence-corrected chi connectivity index (χ3v) is 3.65. The van der Waals surface area contributed by atoms with Crippen LogP contribution < -0.4 is 10.6 Å². The largest absolute Gasteiger partial charge is 0.355 e. The van der Waals surface area contributed by atoms with Gasteiger partial charge >= 0.3 is 0 Å². The van der Waals surface area contributed by atoms with E-state index in [4.69, 9.17) is 0 Å². The maximum absolute atomic E-state index is 12.1. The highest BCUT2D eigenvalue weighted by atomic mass is 16.2. The molecule has 6 heteroatoms. The van der Waals surface area contributed by atoms with Crippen molar-refractivity contribution in [2.75, 3.05) is 26.5 Å². The zero-order chi connectivity index (χ0) is 19.1. The van der Waals surface area contributed by atoms with Crippen molar-refractivity contribution in [3.8, 4) is 0 Å². The van der Waals surface area contributed by atoms with Gasteiger partial charge in [-0.1, -0.05) is 24.3 Å². The number of benzene rings is 2. The second-order valence-electron chi connectivity index (χ2n) is 5.77. The number of rotatable bonds is 5. The molecule has 0 spiro atoms. The Morgan fingerprint density at radius 3 is 2.23 bits per heavy atom. The molecule has 0 heterocycles. The standard InChI is InChI=1S/C20H21N3O3/c1-21-19(25)16-6-4-5-7-17(16)22-18(24)13-10-14-8-11-15(12-9-14)20(26)23(2)3/h4-13H,1-3H3,(H,21,25)(H,22,24)/b13-10+. The van der Waals surface area contributed by atoms with Crippen LogP contribution in [0.4, 0.5) is 5.69 Å². The van der Waals surface area contributed by atoms with Crippen LogP contribution >= 0.6 is 0 Å². The Labute approximate surface area is 152 Å². The van der Waals surface area contributed by atoms with E-state index in [9.17, 15) is 14.4 Å². The van der Waals surface area contributed by atoms with Crippen molar-refractivity contribution in [1.29, 1.82) is 0 Å². The van der Waals surface area contributed by atoms with Gasteiger partial charge in [-0.15, -0.1) is 0 Å². The second-order valence-corrected chi connectivity index (χ2v) is 5.77. The molecule has 0 fully saturated rings. The van der Waals surface area contributed by atoms with Gasteiger partial charge < -0.3 is 15.5 Å². The predicted molar refractivity (Wildman–Crippen MR) is 102 cm³/mol. The molecule has 6 nitrogen and oxygen atoms in total. The molecule has 0 aliphatic rings. The lowest BCUT2D eigenvalue weighted by Gasteiger charge is -2.10. The molecule has 134 valence electrons. The fourth-order valence-electron chi connectivity index (χ4n) is 2.27. The summed E-state index contributed by atoms with van der Waals surface area (Å²) < 4.78 is 0. The van der Waals surface area contributed by atoms with Crippen LogP contribution in [-0.2, 0) is 4.79 Å². The van der Waals surface area contributed by atoms with E-state index in [0.717, 1.165) is 5.56 Å². The van der Waals surface area contributed by atoms with Crippen LogP contribution in [-0.4, -0.2) is 43.8 Å². The maximum Gasteiger partial charge on any atom is 0.253 e. The van der Waals surface area contributed by atoms with E-state index in [1.807, 2.05) is 0 Å². The summed E-state index contributed by atoms with van der Waals surface area (Å²) >= 11 is 0. The van der Waals surface area contributed by atoms with Crippen LogP contribution in [0.3, 0.4) is 0 Å². The number of amides is 3. The summed E-state index contributed by atoms with van der Waals surface area (Å²) in [6.45, 7) is 0. The van der Waals surface area contributed by atoms with Gasteiger partial charge in [0, 0.05) is 32.8 Å². The summed E-state index contributed by atoms with van der Waals surface area (Å²) in [4.78, 5) is 37.3. The lowest BCUT2D eigenvalue weighted by Crippen LogP contribution is -2.21. The third kappa shape index (κ3) is 4.80. The number of carbonyl (C=O) groups excluding carboxylic acids is 3. The molecule has 0 aliphatic carbocycles. The molecule has 0 radical (unpaired) electrons. The summed E-state index contributed by atoms with van der Waals surface area (Å²) in [7, 11) is 4.92. The van der Waals surface area contributed by atoms with Crippen molar-refractivity contribution < 1.29 is 14.4 Å². The van der Waals surface area contributed by atoms with Gasteiger partial charge in [-0.25, -0.2) is 0 Å². The molecule has 2 aromatic carbocycles. The minimum absolute atomic E-state index is 0.0796. The molecule has 26 heavy (non-hydrogen) atoms. The second kappa shape index (κ2) is 8.62. The first-order valence-electron chi connectivity index (χ1n) is 8.04. The first kappa shape index (κ1) is 18.9. The number of nitrogens with zero attached hydrogens (tertiary/aromatic N) is 1. The SMILES string of the molecule is CNC(=O)c1ccccc1NC(=O)/C=C/c1ccc(C(=O)N(C)C)cc1. The highest BCUT2D eigenvalue weighted by Gasteiger charge is 2.10. The summed E-state index contributed by atoms with van der Waals surface area (Å²) in [5.74, 6) is -0.704. The quantitative estimate of drug-likeness (QED) is 0.812. The molecule has 0 saturated carbocycles. The molecule has 2 N–H and O–H groups in total. The molecule has 0 saturated heterocycles.